The van der Waals surface area contributed by atoms with E-state index in [2.05, 4.69) is 17.1 Å². The molecule has 0 aliphatic carbocycles. The zero-order valence-corrected chi connectivity index (χ0v) is 14.4. The fourth-order valence-corrected chi connectivity index (χ4v) is 3.20. The molecule has 1 saturated heterocycles. The number of nitrogens with zero attached hydrogens (tertiary/aromatic N) is 1. The van der Waals surface area contributed by atoms with Gasteiger partial charge in [0.1, 0.15) is 0 Å². The van der Waals surface area contributed by atoms with Gasteiger partial charge in [-0.15, -0.1) is 0 Å². The summed E-state index contributed by atoms with van der Waals surface area (Å²) in [7, 11) is 0. The van der Waals surface area contributed by atoms with Gasteiger partial charge in [0.2, 0.25) is 0 Å². The van der Waals surface area contributed by atoms with Crippen LogP contribution in [0.3, 0.4) is 0 Å². The average molecular weight is 323 g/mol. The molecule has 0 aromatic heterocycles. The maximum absolute atomic E-state index is 12.4. The Balaban J connectivity index is 1.69. The van der Waals surface area contributed by atoms with Crippen molar-refractivity contribution in [3.63, 3.8) is 0 Å². The fraction of sp³-hybridized carbons (Fsp3) is 0.350. The zero-order chi connectivity index (χ0) is 17.1. The van der Waals surface area contributed by atoms with Crippen molar-refractivity contribution < 1.29 is 4.79 Å². The van der Waals surface area contributed by atoms with Crippen molar-refractivity contribution in [1.82, 2.24) is 0 Å². The highest BCUT2D eigenvalue weighted by Crippen LogP contribution is 2.26. The van der Waals surface area contributed by atoms with Gasteiger partial charge in [-0.05, 0) is 61.2 Å². The van der Waals surface area contributed by atoms with Crippen LogP contribution in [0.4, 0.5) is 17.1 Å². The number of nitrogens with two attached hydrogens (primary N) is 1. The molecule has 0 spiro atoms. The minimum Gasteiger partial charge on any atom is -0.397 e. The first-order chi connectivity index (χ1) is 11.6. The predicted molar refractivity (Wildman–Crippen MR) is 101 cm³/mol. The quantitative estimate of drug-likeness (QED) is 0.834. The lowest BCUT2D eigenvalue weighted by Crippen LogP contribution is -2.19. The van der Waals surface area contributed by atoms with Gasteiger partial charge in [0.25, 0.3) is 5.91 Å². The van der Waals surface area contributed by atoms with E-state index < -0.39 is 0 Å². The second kappa shape index (κ2) is 6.95. The van der Waals surface area contributed by atoms with E-state index >= 15 is 0 Å². The number of amides is 1. The third-order valence-corrected chi connectivity index (χ3v) is 4.81. The van der Waals surface area contributed by atoms with Crippen molar-refractivity contribution in [1.29, 1.82) is 0 Å². The van der Waals surface area contributed by atoms with E-state index in [4.69, 9.17) is 5.73 Å². The molecule has 3 N–H and O–H groups in total. The van der Waals surface area contributed by atoms with Crippen molar-refractivity contribution in [2.45, 2.75) is 26.7 Å². The van der Waals surface area contributed by atoms with Gasteiger partial charge >= 0.3 is 0 Å². The highest BCUT2D eigenvalue weighted by Gasteiger charge is 2.21. The molecule has 0 radical (unpaired) electrons. The van der Waals surface area contributed by atoms with Crippen LogP contribution in [-0.4, -0.2) is 19.0 Å². The maximum atomic E-state index is 12.4. The number of hydrogen-bond donors (Lipinski definition) is 2. The highest BCUT2D eigenvalue weighted by molar-refractivity contribution is 6.05. The Morgan fingerprint density at radius 3 is 2.67 bits per heavy atom. The van der Waals surface area contributed by atoms with Crippen molar-refractivity contribution in [3.8, 4) is 0 Å². The second-order valence-corrected chi connectivity index (χ2v) is 6.60. The molecule has 24 heavy (non-hydrogen) atoms. The predicted octanol–water partition coefficient (Wildman–Crippen LogP) is 4.07. The summed E-state index contributed by atoms with van der Waals surface area (Å²) in [4.78, 5) is 14.8. The average Bonchev–Trinajstić information content (AvgIpc) is 3.07. The van der Waals surface area contributed by atoms with Gasteiger partial charge in [-0.2, -0.15) is 0 Å². The van der Waals surface area contributed by atoms with E-state index in [0.717, 1.165) is 24.6 Å². The van der Waals surface area contributed by atoms with Crippen molar-refractivity contribution >= 4 is 23.0 Å². The minimum atomic E-state index is -0.133. The van der Waals surface area contributed by atoms with Gasteiger partial charge in [0.15, 0.2) is 0 Å². The summed E-state index contributed by atoms with van der Waals surface area (Å²) in [5.74, 6) is 0.656. The van der Waals surface area contributed by atoms with Gasteiger partial charge in [0, 0.05) is 24.3 Å². The number of nitrogen functional groups attached to an aromatic ring is 1. The van der Waals surface area contributed by atoms with E-state index in [9.17, 15) is 4.79 Å². The zero-order valence-electron chi connectivity index (χ0n) is 14.4. The maximum Gasteiger partial charge on any atom is 0.255 e. The topological polar surface area (TPSA) is 58.4 Å². The molecule has 2 aromatic rings. The molecule has 0 saturated carbocycles. The van der Waals surface area contributed by atoms with E-state index in [1.54, 1.807) is 0 Å². The molecule has 1 amide bonds. The van der Waals surface area contributed by atoms with Crippen LogP contribution in [0.5, 0.6) is 0 Å². The molecule has 126 valence electrons. The van der Waals surface area contributed by atoms with E-state index in [1.807, 2.05) is 49.4 Å². The molecule has 1 fully saturated rings. The van der Waals surface area contributed by atoms with Gasteiger partial charge in [-0.3, -0.25) is 4.79 Å². The van der Waals surface area contributed by atoms with Crippen molar-refractivity contribution in [2.24, 2.45) is 5.92 Å². The molecule has 2 aromatic carbocycles. The lowest BCUT2D eigenvalue weighted by molar-refractivity contribution is 0.102. The SMILES string of the molecule is CC[C@H]1CCN(c2ccc(C(=O)Nc3cc(C)ccc3N)cc2)C1. The van der Waals surface area contributed by atoms with Crippen LogP contribution in [-0.2, 0) is 0 Å². The first-order valence-corrected chi connectivity index (χ1v) is 8.59. The summed E-state index contributed by atoms with van der Waals surface area (Å²) in [6.45, 7) is 6.44. The van der Waals surface area contributed by atoms with Crippen LogP contribution >= 0.6 is 0 Å². The molecule has 4 heteroatoms. The summed E-state index contributed by atoms with van der Waals surface area (Å²) in [6.07, 6.45) is 2.49. The van der Waals surface area contributed by atoms with Gasteiger partial charge in [-0.1, -0.05) is 19.4 Å². The second-order valence-electron chi connectivity index (χ2n) is 6.60. The molecule has 1 heterocycles. The monoisotopic (exact) mass is 323 g/mol. The van der Waals surface area contributed by atoms with Gasteiger partial charge in [0.05, 0.1) is 11.4 Å². The Bertz CT molecular complexity index is 724. The Morgan fingerprint density at radius 1 is 1.25 bits per heavy atom. The molecule has 4 nitrogen and oxygen atoms in total. The standard InChI is InChI=1S/C20H25N3O/c1-3-15-10-11-23(13-15)17-7-5-16(6-8-17)20(24)22-19-12-14(2)4-9-18(19)21/h4-9,12,15H,3,10-11,13,21H2,1-2H3,(H,22,24)/t15-/m0/s1. The smallest absolute Gasteiger partial charge is 0.255 e. The Hall–Kier alpha value is -2.49. The number of rotatable bonds is 4. The molecule has 1 aliphatic heterocycles. The van der Waals surface area contributed by atoms with Crippen LogP contribution in [0, 0.1) is 12.8 Å². The van der Waals surface area contributed by atoms with Crippen molar-refractivity contribution in [3.05, 3.63) is 53.6 Å². The van der Waals surface area contributed by atoms with Crippen LogP contribution in [0.2, 0.25) is 0 Å². The molecule has 3 rings (SSSR count). The highest BCUT2D eigenvalue weighted by atomic mass is 16.1. The first-order valence-electron chi connectivity index (χ1n) is 8.59. The minimum absolute atomic E-state index is 0.133. The molecule has 0 unspecified atom stereocenters. The number of anilines is 3. The number of carbonyl (C=O) groups is 1. The van der Waals surface area contributed by atoms with Crippen LogP contribution in [0.15, 0.2) is 42.5 Å². The normalized spacial score (nSPS) is 17.1. The first kappa shape index (κ1) is 16.4. The van der Waals surface area contributed by atoms with Crippen molar-refractivity contribution in [2.75, 3.05) is 29.0 Å². The van der Waals surface area contributed by atoms with Gasteiger partial charge in [-0.25, -0.2) is 0 Å². The molecule has 0 bridgehead atoms. The largest absolute Gasteiger partial charge is 0.397 e. The van der Waals surface area contributed by atoms with E-state index in [1.165, 1.54) is 18.5 Å². The number of carbonyl (C=O) groups excluding carboxylic acids is 1. The third-order valence-electron chi connectivity index (χ3n) is 4.81. The summed E-state index contributed by atoms with van der Waals surface area (Å²) in [5, 5.41) is 2.89. The van der Waals surface area contributed by atoms with Crippen LogP contribution in [0.25, 0.3) is 0 Å². The number of nitrogens with one attached hydrogen (secondary N) is 1. The number of aryl methyl sites for hydroxylation is 1. The fourth-order valence-electron chi connectivity index (χ4n) is 3.20. The number of hydrogen-bond acceptors (Lipinski definition) is 3. The lowest BCUT2D eigenvalue weighted by atomic mass is 10.1. The Kier molecular flexibility index (Phi) is 4.74. The summed E-state index contributed by atoms with van der Waals surface area (Å²) < 4.78 is 0. The molecular formula is C20H25N3O. The van der Waals surface area contributed by atoms with Crippen LogP contribution in [0.1, 0.15) is 35.7 Å². The van der Waals surface area contributed by atoms with E-state index in [0.29, 0.717) is 16.9 Å². The molecule has 1 aliphatic rings. The molecule has 1 atom stereocenters. The molecular weight excluding hydrogens is 298 g/mol. The van der Waals surface area contributed by atoms with Gasteiger partial charge < -0.3 is 16.0 Å². The third kappa shape index (κ3) is 3.53. The lowest BCUT2D eigenvalue weighted by Gasteiger charge is -2.19. The van der Waals surface area contributed by atoms with E-state index in [-0.39, 0.29) is 5.91 Å². The Labute approximate surface area is 143 Å². The summed E-state index contributed by atoms with van der Waals surface area (Å²) in [6, 6.07) is 13.5. The van der Waals surface area contributed by atoms with Crippen LogP contribution < -0.4 is 16.0 Å². The Morgan fingerprint density at radius 2 is 2.00 bits per heavy atom. The number of benzene rings is 2. The summed E-state index contributed by atoms with van der Waals surface area (Å²) in [5.41, 5.74) is 10.1. The summed E-state index contributed by atoms with van der Waals surface area (Å²) >= 11 is 0.